The van der Waals surface area contributed by atoms with E-state index in [2.05, 4.69) is 44.7 Å². The average molecular weight is 483 g/mol. The highest BCUT2D eigenvalue weighted by Crippen LogP contribution is 2.46. The van der Waals surface area contributed by atoms with Gasteiger partial charge in [-0.1, -0.05) is 52.9 Å². The summed E-state index contributed by atoms with van der Waals surface area (Å²) in [5.74, 6) is 8.98. The van der Waals surface area contributed by atoms with Crippen LogP contribution in [0.15, 0.2) is 33.6 Å². The molecule has 4 nitrogen and oxygen atoms in total. The molecule has 1 aromatic carbocycles. The number of carbonyl (C=O) groups excluding carboxylic acids is 1. The normalized spacial score (nSPS) is 14.0. The van der Waals surface area contributed by atoms with Crippen molar-refractivity contribution < 1.29 is 18.7 Å². The fraction of sp³-hybridized carbons (Fsp3) is 0.552. The van der Waals surface area contributed by atoms with Gasteiger partial charge in [0.2, 0.25) is 0 Å². The summed E-state index contributed by atoms with van der Waals surface area (Å²) >= 11 is 1.86. The summed E-state index contributed by atoms with van der Waals surface area (Å²) in [7, 11) is 0. The van der Waals surface area contributed by atoms with Gasteiger partial charge in [-0.05, 0) is 62.0 Å². The predicted octanol–water partition coefficient (Wildman–Crippen LogP) is 7.90. The topological polar surface area (TPSA) is 48.7 Å². The monoisotopic (exact) mass is 482 g/mol. The number of fused-ring (bicyclic) bond motifs is 1. The lowest BCUT2D eigenvalue weighted by molar-refractivity contribution is -0.135. The number of furan rings is 1. The molecule has 1 aliphatic heterocycles. The Hall–Kier alpha value is -2.32. The van der Waals surface area contributed by atoms with Crippen molar-refractivity contribution in [3.05, 3.63) is 41.2 Å². The van der Waals surface area contributed by atoms with Crippen molar-refractivity contribution in [2.75, 3.05) is 12.4 Å². The van der Waals surface area contributed by atoms with Gasteiger partial charge in [0.25, 0.3) is 5.95 Å². The number of esters is 1. The number of thioether (sulfide) groups is 1. The summed E-state index contributed by atoms with van der Waals surface area (Å²) in [5.41, 5.74) is 2.42. The zero-order valence-electron chi connectivity index (χ0n) is 21.1. The number of rotatable bonds is 11. The van der Waals surface area contributed by atoms with Gasteiger partial charge in [-0.2, -0.15) is 0 Å². The van der Waals surface area contributed by atoms with E-state index in [9.17, 15) is 4.79 Å². The molecule has 0 atom stereocenters. The SMILES string of the molecule is CCCCCCSc1cc2c(cc1C#Cc1ccc(OC(=O)CCC)o1)C(CC)(CC)CCO2. The van der Waals surface area contributed by atoms with Gasteiger partial charge in [0.1, 0.15) is 5.75 Å². The molecule has 0 aliphatic carbocycles. The van der Waals surface area contributed by atoms with Gasteiger partial charge in [0, 0.05) is 33.9 Å². The van der Waals surface area contributed by atoms with Gasteiger partial charge in [-0.25, -0.2) is 0 Å². The van der Waals surface area contributed by atoms with Gasteiger partial charge in [-0.15, -0.1) is 11.8 Å². The molecule has 0 amide bonds. The van der Waals surface area contributed by atoms with Gasteiger partial charge in [0.15, 0.2) is 5.76 Å². The first kappa shape index (κ1) is 26.3. The average Bonchev–Trinajstić information content (AvgIpc) is 3.29. The van der Waals surface area contributed by atoms with Crippen LogP contribution in [0.1, 0.15) is 102 Å². The lowest BCUT2D eigenvalue weighted by Gasteiger charge is -2.38. The molecule has 34 heavy (non-hydrogen) atoms. The quantitative estimate of drug-likeness (QED) is 0.141. The summed E-state index contributed by atoms with van der Waals surface area (Å²) in [6.07, 6.45) is 9.28. The standard InChI is InChI=1S/C29H38O4S/c1-5-9-10-11-19-34-26-21-25-24(29(7-3,8-4)17-18-31-25)20-22(26)13-14-23-15-16-28(32-23)33-27(30)12-6-2/h15-16,20-21H,5-12,17-19H2,1-4H3. The molecule has 0 N–H and O–H groups in total. The molecule has 2 aromatic rings. The van der Waals surface area contributed by atoms with Crippen LogP contribution < -0.4 is 9.47 Å². The van der Waals surface area contributed by atoms with Crippen LogP contribution in [-0.2, 0) is 10.2 Å². The molecule has 0 unspecified atom stereocenters. The first-order valence-corrected chi connectivity index (χ1v) is 13.8. The predicted molar refractivity (Wildman–Crippen MR) is 139 cm³/mol. The Morgan fingerprint density at radius 3 is 2.62 bits per heavy atom. The van der Waals surface area contributed by atoms with Crippen LogP contribution in [0.3, 0.4) is 0 Å². The largest absolute Gasteiger partial charge is 0.493 e. The summed E-state index contributed by atoms with van der Waals surface area (Å²) in [4.78, 5) is 12.9. The highest BCUT2D eigenvalue weighted by molar-refractivity contribution is 7.99. The van der Waals surface area contributed by atoms with Crippen molar-refractivity contribution in [2.45, 2.75) is 95.8 Å². The lowest BCUT2D eigenvalue weighted by atomic mass is 9.71. The Labute approximate surface area is 209 Å². The van der Waals surface area contributed by atoms with E-state index in [1.165, 1.54) is 31.2 Å². The first-order chi connectivity index (χ1) is 16.5. The number of carbonyl (C=O) groups is 1. The maximum Gasteiger partial charge on any atom is 0.313 e. The minimum absolute atomic E-state index is 0.139. The van der Waals surface area contributed by atoms with Gasteiger partial charge < -0.3 is 13.9 Å². The lowest BCUT2D eigenvalue weighted by Crippen LogP contribution is -2.32. The summed E-state index contributed by atoms with van der Waals surface area (Å²) in [5, 5.41) is 0. The van der Waals surface area contributed by atoms with Crippen molar-refractivity contribution >= 4 is 17.7 Å². The third kappa shape index (κ3) is 6.63. The maximum atomic E-state index is 11.7. The second kappa shape index (κ2) is 13.0. The van der Waals surface area contributed by atoms with Gasteiger partial charge in [-0.3, -0.25) is 4.79 Å². The number of benzene rings is 1. The zero-order chi connectivity index (χ0) is 24.4. The molecule has 2 heterocycles. The van der Waals surface area contributed by atoms with Gasteiger partial charge in [0.05, 0.1) is 6.61 Å². The van der Waals surface area contributed by atoms with E-state index in [1.807, 2.05) is 18.7 Å². The molecule has 1 aliphatic rings. The highest BCUT2D eigenvalue weighted by Gasteiger charge is 2.35. The van der Waals surface area contributed by atoms with E-state index < -0.39 is 0 Å². The Kier molecular flexibility index (Phi) is 10.0. The molecule has 0 spiro atoms. The first-order valence-electron chi connectivity index (χ1n) is 12.8. The highest BCUT2D eigenvalue weighted by atomic mass is 32.2. The Morgan fingerprint density at radius 2 is 1.88 bits per heavy atom. The van der Waals surface area contributed by atoms with Crippen LogP contribution in [0.2, 0.25) is 0 Å². The second-order valence-corrected chi connectivity index (χ2v) is 10.1. The summed E-state index contributed by atoms with van der Waals surface area (Å²) in [6, 6.07) is 7.85. The van der Waals surface area contributed by atoms with E-state index in [1.54, 1.807) is 12.1 Å². The van der Waals surface area contributed by atoms with Crippen LogP contribution in [0.5, 0.6) is 11.7 Å². The minimum Gasteiger partial charge on any atom is -0.493 e. The third-order valence-corrected chi connectivity index (χ3v) is 7.81. The van der Waals surface area contributed by atoms with E-state index in [4.69, 9.17) is 13.9 Å². The van der Waals surface area contributed by atoms with Crippen LogP contribution in [0.25, 0.3) is 0 Å². The molecule has 5 heteroatoms. The summed E-state index contributed by atoms with van der Waals surface area (Å²) in [6.45, 7) is 9.48. The van der Waals surface area contributed by atoms with Crippen molar-refractivity contribution in [1.29, 1.82) is 0 Å². The van der Waals surface area contributed by atoms with Crippen molar-refractivity contribution in [3.63, 3.8) is 0 Å². The van der Waals surface area contributed by atoms with Crippen LogP contribution in [-0.4, -0.2) is 18.3 Å². The molecule has 184 valence electrons. The molecular formula is C29H38O4S. The fourth-order valence-electron chi connectivity index (χ4n) is 4.44. The minimum atomic E-state index is -0.289. The number of ether oxygens (including phenoxy) is 2. The Balaban J connectivity index is 1.88. The van der Waals surface area contributed by atoms with Crippen molar-refractivity contribution in [1.82, 2.24) is 0 Å². The van der Waals surface area contributed by atoms with Crippen LogP contribution in [0.4, 0.5) is 0 Å². The van der Waals surface area contributed by atoms with E-state index in [0.717, 1.165) is 54.3 Å². The zero-order valence-corrected chi connectivity index (χ0v) is 21.9. The van der Waals surface area contributed by atoms with E-state index >= 15 is 0 Å². The molecule has 1 aromatic heterocycles. The van der Waals surface area contributed by atoms with E-state index in [0.29, 0.717) is 12.2 Å². The molecular weight excluding hydrogens is 444 g/mol. The summed E-state index contributed by atoms with van der Waals surface area (Å²) < 4.78 is 17.0. The maximum absolute atomic E-state index is 11.7. The number of unbranched alkanes of at least 4 members (excludes halogenated alkanes) is 3. The van der Waals surface area contributed by atoms with E-state index in [-0.39, 0.29) is 17.3 Å². The molecule has 0 radical (unpaired) electrons. The number of hydrogen-bond acceptors (Lipinski definition) is 5. The van der Waals surface area contributed by atoms with Gasteiger partial charge >= 0.3 is 5.97 Å². The van der Waals surface area contributed by atoms with Crippen LogP contribution >= 0.6 is 11.8 Å². The molecule has 0 fully saturated rings. The third-order valence-electron chi connectivity index (χ3n) is 6.67. The second-order valence-electron chi connectivity index (χ2n) is 8.93. The van der Waals surface area contributed by atoms with Crippen molar-refractivity contribution in [3.8, 4) is 23.5 Å². The van der Waals surface area contributed by atoms with Crippen LogP contribution in [0, 0.1) is 11.8 Å². The Morgan fingerprint density at radius 1 is 1.06 bits per heavy atom. The number of hydrogen-bond donors (Lipinski definition) is 0. The Bertz CT molecular complexity index is 1010. The molecule has 0 saturated carbocycles. The molecule has 0 saturated heterocycles. The fourth-order valence-corrected chi connectivity index (χ4v) is 5.46. The smallest absolute Gasteiger partial charge is 0.313 e. The molecule has 0 bridgehead atoms. The van der Waals surface area contributed by atoms with Crippen molar-refractivity contribution in [2.24, 2.45) is 0 Å². The molecule has 3 rings (SSSR count).